The zero-order valence-corrected chi connectivity index (χ0v) is 13.1. The van der Waals surface area contributed by atoms with Crippen LogP contribution in [0.4, 0.5) is 0 Å². The lowest BCUT2D eigenvalue weighted by molar-refractivity contribution is -0.124. The first-order valence-electron chi connectivity index (χ1n) is 7.45. The molecule has 2 N–H and O–H groups in total. The van der Waals surface area contributed by atoms with Crippen LogP contribution >= 0.6 is 0 Å². The molecule has 0 spiro atoms. The van der Waals surface area contributed by atoms with Crippen LogP contribution in [-0.2, 0) is 16.1 Å². The predicted octanol–water partition coefficient (Wildman–Crippen LogP) is 0.522. The summed E-state index contributed by atoms with van der Waals surface area (Å²) in [7, 11) is 3.36. The van der Waals surface area contributed by atoms with E-state index in [0.29, 0.717) is 12.6 Å². The van der Waals surface area contributed by atoms with E-state index >= 15 is 0 Å². The van der Waals surface area contributed by atoms with E-state index in [0.717, 1.165) is 24.2 Å². The third-order valence-electron chi connectivity index (χ3n) is 3.44. The van der Waals surface area contributed by atoms with E-state index in [2.05, 4.69) is 10.6 Å². The lowest BCUT2D eigenvalue weighted by atomic mass is 10.2. The molecular weight excluding hydrogens is 282 g/mol. The zero-order valence-electron chi connectivity index (χ0n) is 13.1. The van der Waals surface area contributed by atoms with Crippen LogP contribution in [0.3, 0.4) is 0 Å². The molecule has 22 heavy (non-hydrogen) atoms. The molecule has 0 saturated heterocycles. The smallest absolute Gasteiger partial charge is 0.234 e. The number of para-hydroxylation sites is 1. The number of benzene rings is 1. The van der Waals surface area contributed by atoms with Gasteiger partial charge in [-0.05, 0) is 26.0 Å². The molecule has 1 aromatic carbocycles. The summed E-state index contributed by atoms with van der Waals surface area (Å²) >= 11 is 0. The monoisotopic (exact) mass is 305 g/mol. The number of carbonyl (C=O) groups is 2. The number of nitrogens with one attached hydrogen (secondary N) is 2. The summed E-state index contributed by atoms with van der Waals surface area (Å²) in [4.78, 5) is 25.3. The van der Waals surface area contributed by atoms with Crippen molar-refractivity contribution in [2.75, 3.05) is 27.2 Å². The quantitative estimate of drug-likeness (QED) is 0.735. The average molecular weight is 305 g/mol. The van der Waals surface area contributed by atoms with Crippen LogP contribution in [0.25, 0.3) is 0 Å². The van der Waals surface area contributed by atoms with E-state index in [-0.39, 0.29) is 24.9 Å². The van der Waals surface area contributed by atoms with Crippen LogP contribution in [0.15, 0.2) is 24.3 Å². The molecule has 0 heterocycles. The van der Waals surface area contributed by atoms with E-state index < -0.39 is 0 Å². The first kappa shape index (κ1) is 16.3. The molecular formula is C16H23N3O3. The first-order valence-corrected chi connectivity index (χ1v) is 7.45. The first-order chi connectivity index (χ1) is 10.6. The second-order valence-electron chi connectivity index (χ2n) is 5.60. The Morgan fingerprint density at radius 2 is 1.91 bits per heavy atom. The molecule has 2 rings (SSSR count). The molecule has 120 valence electrons. The van der Waals surface area contributed by atoms with E-state index in [1.807, 2.05) is 24.3 Å². The molecule has 1 aliphatic rings. The second-order valence-corrected chi connectivity index (χ2v) is 5.60. The number of carbonyl (C=O) groups excluding carboxylic acids is 2. The Morgan fingerprint density at radius 3 is 2.59 bits per heavy atom. The Morgan fingerprint density at radius 1 is 1.23 bits per heavy atom. The van der Waals surface area contributed by atoms with Crippen LogP contribution in [-0.4, -0.2) is 50.0 Å². The van der Waals surface area contributed by atoms with Gasteiger partial charge in [0, 0.05) is 18.2 Å². The van der Waals surface area contributed by atoms with Gasteiger partial charge in [-0.15, -0.1) is 0 Å². The number of rotatable bonds is 8. The molecule has 6 heteroatoms. The Hall–Kier alpha value is -2.08. The summed E-state index contributed by atoms with van der Waals surface area (Å²) in [5.41, 5.74) is 0.924. The summed E-state index contributed by atoms with van der Waals surface area (Å²) in [6, 6.07) is 7.90. The van der Waals surface area contributed by atoms with Crippen molar-refractivity contribution in [2.45, 2.75) is 25.4 Å². The summed E-state index contributed by atoms with van der Waals surface area (Å²) < 4.78 is 5.24. The molecule has 0 unspecified atom stereocenters. The molecule has 0 aromatic heterocycles. The van der Waals surface area contributed by atoms with Crippen molar-refractivity contribution >= 4 is 11.8 Å². The minimum Gasteiger partial charge on any atom is -0.496 e. The highest BCUT2D eigenvalue weighted by atomic mass is 16.5. The van der Waals surface area contributed by atoms with Gasteiger partial charge in [0.2, 0.25) is 11.8 Å². The van der Waals surface area contributed by atoms with Crippen LogP contribution in [0.5, 0.6) is 5.75 Å². The Balaban J connectivity index is 1.71. The molecule has 6 nitrogen and oxygen atoms in total. The van der Waals surface area contributed by atoms with Gasteiger partial charge in [0.05, 0.1) is 20.2 Å². The van der Waals surface area contributed by atoms with Gasteiger partial charge >= 0.3 is 0 Å². The summed E-state index contributed by atoms with van der Waals surface area (Å²) in [6.45, 7) is 0.830. The number of hydrogen-bond acceptors (Lipinski definition) is 4. The van der Waals surface area contributed by atoms with Crippen molar-refractivity contribution in [3.8, 4) is 5.75 Å². The van der Waals surface area contributed by atoms with Gasteiger partial charge in [0.1, 0.15) is 5.75 Å². The zero-order chi connectivity index (χ0) is 15.9. The molecule has 0 radical (unpaired) electrons. The Kier molecular flexibility index (Phi) is 5.77. The number of methoxy groups -OCH3 is 1. The Bertz CT molecular complexity index is 529. The largest absolute Gasteiger partial charge is 0.496 e. The third-order valence-corrected chi connectivity index (χ3v) is 3.44. The normalized spacial score (nSPS) is 13.8. The number of amides is 2. The highest BCUT2D eigenvalue weighted by Gasteiger charge is 2.23. The average Bonchev–Trinajstić information content (AvgIpc) is 3.28. The van der Waals surface area contributed by atoms with Crippen LogP contribution in [0.1, 0.15) is 18.4 Å². The minimum absolute atomic E-state index is 0.0254. The highest BCUT2D eigenvalue weighted by molar-refractivity contribution is 5.81. The second kappa shape index (κ2) is 7.79. The van der Waals surface area contributed by atoms with Crippen molar-refractivity contribution in [1.29, 1.82) is 0 Å². The Labute approximate surface area is 130 Å². The maximum atomic E-state index is 11.9. The van der Waals surface area contributed by atoms with E-state index in [1.165, 1.54) is 0 Å². The fourth-order valence-electron chi connectivity index (χ4n) is 2.15. The number of likely N-dealkylation sites (N-methyl/N-ethyl adjacent to an activating group) is 1. The number of ether oxygens (including phenoxy) is 1. The SMILES string of the molecule is COc1ccccc1CNC(=O)CN(C)CC(=O)NC1CC1. The van der Waals surface area contributed by atoms with Gasteiger partial charge in [-0.1, -0.05) is 18.2 Å². The lowest BCUT2D eigenvalue weighted by Gasteiger charge is -2.16. The van der Waals surface area contributed by atoms with Gasteiger partial charge < -0.3 is 15.4 Å². The third kappa shape index (κ3) is 5.37. The summed E-state index contributed by atoms with van der Waals surface area (Å²) in [5, 5.41) is 5.74. The van der Waals surface area contributed by atoms with Crippen molar-refractivity contribution in [3.05, 3.63) is 29.8 Å². The van der Waals surface area contributed by atoms with Gasteiger partial charge in [-0.25, -0.2) is 0 Å². The fraction of sp³-hybridized carbons (Fsp3) is 0.500. The molecule has 0 bridgehead atoms. The maximum absolute atomic E-state index is 11.9. The minimum atomic E-state index is -0.118. The van der Waals surface area contributed by atoms with Gasteiger partial charge in [-0.3, -0.25) is 14.5 Å². The van der Waals surface area contributed by atoms with Crippen LogP contribution in [0, 0.1) is 0 Å². The number of hydrogen-bond donors (Lipinski definition) is 2. The van der Waals surface area contributed by atoms with Crippen molar-refractivity contribution in [2.24, 2.45) is 0 Å². The summed E-state index contributed by atoms with van der Waals surface area (Å²) in [5.74, 6) is 0.607. The fourth-order valence-corrected chi connectivity index (χ4v) is 2.15. The van der Waals surface area contributed by atoms with Crippen molar-refractivity contribution in [1.82, 2.24) is 15.5 Å². The molecule has 1 saturated carbocycles. The summed E-state index contributed by atoms with van der Waals surface area (Å²) in [6.07, 6.45) is 2.13. The van der Waals surface area contributed by atoms with Crippen molar-refractivity contribution < 1.29 is 14.3 Å². The van der Waals surface area contributed by atoms with E-state index in [9.17, 15) is 9.59 Å². The lowest BCUT2D eigenvalue weighted by Crippen LogP contribution is -2.41. The maximum Gasteiger partial charge on any atom is 0.234 e. The molecule has 1 fully saturated rings. The van der Waals surface area contributed by atoms with E-state index in [4.69, 9.17) is 4.74 Å². The highest BCUT2D eigenvalue weighted by Crippen LogP contribution is 2.18. The predicted molar refractivity (Wildman–Crippen MR) is 83.5 cm³/mol. The number of nitrogens with zero attached hydrogens (tertiary/aromatic N) is 1. The van der Waals surface area contributed by atoms with Crippen LogP contribution in [0.2, 0.25) is 0 Å². The molecule has 0 atom stereocenters. The molecule has 1 aliphatic carbocycles. The standard InChI is InChI=1S/C16H23N3O3/c1-19(11-16(21)18-13-7-8-13)10-15(20)17-9-12-5-3-4-6-14(12)22-2/h3-6,13H,7-11H2,1-2H3,(H,17,20)(H,18,21). The molecule has 0 aliphatic heterocycles. The van der Waals surface area contributed by atoms with Crippen LogP contribution < -0.4 is 15.4 Å². The van der Waals surface area contributed by atoms with Crippen molar-refractivity contribution in [3.63, 3.8) is 0 Å². The van der Waals surface area contributed by atoms with Gasteiger partial charge in [0.25, 0.3) is 0 Å². The molecule has 1 aromatic rings. The van der Waals surface area contributed by atoms with Gasteiger partial charge in [-0.2, -0.15) is 0 Å². The van der Waals surface area contributed by atoms with E-state index in [1.54, 1.807) is 19.1 Å². The molecule has 2 amide bonds. The van der Waals surface area contributed by atoms with Gasteiger partial charge in [0.15, 0.2) is 0 Å². The topological polar surface area (TPSA) is 70.7 Å².